The number of nitrogens with one attached hydrogen (secondary N) is 1. The lowest BCUT2D eigenvalue weighted by Gasteiger charge is -2.26. The minimum atomic E-state index is -3.57. The molecule has 32 heavy (non-hydrogen) atoms. The number of benzene rings is 2. The normalized spacial score (nSPS) is 15.3. The van der Waals surface area contributed by atoms with Crippen molar-refractivity contribution in [1.29, 1.82) is 0 Å². The number of aromatic nitrogens is 1. The van der Waals surface area contributed by atoms with Crippen molar-refractivity contribution in [2.45, 2.75) is 18.7 Å². The second-order valence-electron chi connectivity index (χ2n) is 7.53. The van der Waals surface area contributed by atoms with Gasteiger partial charge in [-0.3, -0.25) is 5.43 Å². The van der Waals surface area contributed by atoms with Crippen LogP contribution in [0.1, 0.15) is 17.0 Å². The number of nitrogens with zero attached hydrogens (tertiary/aromatic N) is 3. The zero-order valence-corrected chi connectivity index (χ0v) is 19.5. The third-order valence-electron chi connectivity index (χ3n) is 5.42. The average Bonchev–Trinajstić information content (AvgIpc) is 3.08. The fraction of sp³-hybridized carbons (Fsp3) is 0.261. The van der Waals surface area contributed by atoms with E-state index in [0.717, 1.165) is 28.3 Å². The van der Waals surface area contributed by atoms with Crippen molar-refractivity contribution in [3.8, 4) is 5.69 Å². The molecule has 1 aromatic heterocycles. The Balaban J connectivity index is 1.61. The summed E-state index contributed by atoms with van der Waals surface area (Å²) >= 11 is 6.15. The van der Waals surface area contributed by atoms with Crippen LogP contribution in [0.5, 0.6) is 0 Å². The van der Waals surface area contributed by atoms with Gasteiger partial charge in [0.2, 0.25) is 10.0 Å². The number of anilines is 1. The lowest BCUT2D eigenvalue weighted by molar-refractivity contribution is 0.0730. The Morgan fingerprint density at radius 2 is 1.81 bits per heavy atom. The molecule has 0 bridgehead atoms. The van der Waals surface area contributed by atoms with Crippen LogP contribution < -0.4 is 5.43 Å². The molecule has 1 N–H and O–H groups in total. The third kappa shape index (κ3) is 4.59. The standard InChI is InChI=1S/C23H25ClN4O3S/c1-17-14-19(16-25-26-23-9-4-3-8-22(23)24)18(2)28(17)20-6-5-7-21(15-20)32(29,30)27-10-12-31-13-11-27/h3-9,14-16,26H,10-13H2,1-2H3/b25-16+. The predicted octanol–water partition coefficient (Wildman–Crippen LogP) is 4.21. The van der Waals surface area contributed by atoms with Crippen LogP contribution in [0.2, 0.25) is 5.02 Å². The number of aryl methyl sites for hydroxylation is 1. The molecule has 4 rings (SSSR count). The van der Waals surface area contributed by atoms with E-state index >= 15 is 0 Å². The number of hydrogen-bond donors (Lipinski definition) is 1. The van der Waals surface area contributed by atoms with Gasteiger partial charge < -0.3 is 9.30 Å². The maximum atomic E-state index is 13.1. The van der Waals surface area contributed by atoms with E-state index in [-0.39, 0.29) is 4.90 Å². The van der Waals surface area contributed by atoms with Crippen LogP contribution >= 0.6 is 11.6 Å². The van der Waals surface area contributed by atoms with Gasteiger partial charge in [-0.05, 0) is 50.2 Å². The van der Waals surface area contributed by atoms with Gasteiger partial charge in [-0.15, -0.1) is 0 Å². The lowest BCUT2D eigenvalue weighted by Crippen LogP contribution is -2.40. The van der Waals surface area contributed by atoms with E-state index in [2.05, 4.69) is 10.5 Å². The molecule has 0 atom stereocenters. The van der Waals surface area contributed by atoms with Crippen molar-refractivity contribution in [2.75, 3.05) is 31.7 Å². The molecule has 0 radical (unpaired) electrons. The molecule has 1 fully saturated rings. The first-order chi connectivity index (χ1) is 15.4. The van der Waals surface area contributed by atoms with E-state index in [4.69, 9.17) is 16.3 Å². The summed E-state index contributed by atoms with van der Waals surface area (Å²) < 4.78 is 34.9. The summed E-state index contributed by atoms with van der Waals surface area (Å²) in [5.41, 5.74) is 7.31. The van der Waals surface area contributed by atoms with Gasteiger partial charge in [0.1, 0.15) is 0 Å². The van der Waals surface area contributed by atoms with Crippen LogP contribution in [0.4, 0.5) is 5.69 Å². The molecule has 0 spiro atoms. The van der Waals surface area contributed by atoms with Crippen molar-refractivity contribution < 1.29 is 13.2 Å². The van der Waals surface area contributed by atoms with Crippen LogP contribution in [0.15, 0.2) is 64.6 Å². The van der Waals surface area contributed by atoms with Crippen LogP contribution in [-0.4, -0.2) is 49.8 Å². The first kappa shape index (κ1) is 22.5. The molecule has 3 aromatic rings. The van der Waals surface area contributed by atoms with E-state index in [1.165, 1.54) is 4.31 Å². The molecule has 0 amide bonds. The highest BCUT2D eigenvalue weighted by Gasteiger charge is 2.26. The molecule has 1 aliphatic heterocycles. The van der Waals surface area contributed by atoms with Crippen molar-refractivity contribution in [3.63, 3.8) is 0 Å². The molecule has 1 aliphatic rings. The van der Waals surface area contributed by atoms with E-state index in [9.17, 15) is 8.42 Å². The van der Waals surface area contributed by atoms with Crippen molar-refractivity contribution in [1.82, 2.24) is 8.87 Å². The molecule has 0 aliphatic carbocycles. The fourth-order valence-electron chi connectivity index (χ4n) is 3.76. The zero-order chi connectivity index (χ0) is 22.7. The SMILES string of the molecule is Cc1cc(/C=N/Nc2ccccc2Cl)c(C)n1-c1cccc(S(=O)(=O)N2CCOCC2)c1. The van der Waals surface area contributed by atoms with Gasteiger partial charge in [0, 0.05) is 35.7 Å². The monoisotopic (exact) mass is 472 g/mol. The zero-order valence-electron chi connectivity index (χ0n) is 18.0. The first-order valence-electron chi connectivity index (χ1n) is 10.3. The maximum Gasteiger partial charge on any atom is 0.243 e. The highest BCUT2D eigenvalue weighted by atomic mass is 35.5. The van der Waals surface area contributed by atoms with E-state index in [0.29, 0.717) is 31.3 Å². The highest BCUT2D eigenvalue weighted by molar-refractivity contribution is 7.89. The summed E-state index contributed by atoms with van der Waals surface area (Å²) in [5.74, 6) is 0. The predicted molar refractivity (Wildman–Crippen MR) is 127 cm³/mol. The van der Waals surface area contributed by atoms with Crippen LogP contribution in [-0.2, 0) is 14.8 Å². The van der Waals surface area contributed by atoms with Gasteiger partial charge in [-0.25, -0.2) is 8.42 Å². The largest absolute Gasteiger partial charge is 0.379 e. The van der Waals surface area contributed by atoms with E-state index in [1.807, 2.05) is 48.7 Å². The second-order valence-corrected chi connectivity index (χ2v) is 9.87. The minimum Gasteiger partial charge on any atom is -0.379 e. The number of morpholine rings is 1. The van der Waals surface area contributed by atoms with Gasteiger partial charge in [-0.2, -0.15) is 9.41 Å². The number of ether oxygens (including phenoxy) is 1. The van der Waals surface area contributed by atoms with Gasteiger partial charge in [0.25, 0.3) is 0 Å². The second kappa shape index (κ2) is 9.46. The molecular weight excluding hydrogens is 448 g/mol. The van der Waals surface area contributed by atoms with Gasteiger partial charge in [0.05, 0.1) is 35.0 Å². The Morgan fingerprint density at radius 3 is 2.56 bits per heavy atom. The molecule has 7 nitrogen and oxygen atoms in total. The van der Waals surface area contributed by atoms with Crippen LogP contribution in [0, 0.1) is 13.8 Å². The molecule has 2 aromatic carbocycles. The Kier molecular flexibility index (Phi) is 6.66. The Labute approximate surface area is 193 Å². The maximum absolute atomic E-state index is 13.1. The molecule has 1 saturated heterocycles. The molecule has 0 saturated carbocycles. The fourth-order valence-corrected chi connectivity index (χ4v) is 5.38. The van der Waals surface area contributed by atoms with Gasteiger partial charge in [0.15, 0.2) is 0 Å². The van der Waals surface area contributed by atoms with Crippen LogP contribution in [0.25, 0.3) is 5.69 Å². The first-order valence-corrected chi connectivity index (χ1v) is 12.1. The smallest absolute Gasteiger partial charge is 0.243 e. The molecular formula is C23H25ClN4O3S. The summed E-state index contributed by atoms with van der Waals surface area (Å²) in [6, 6.07) is 16.4. The molecule has 168 valence electrons. The summed E-state index contributed by atoms with van der Waals surface area (Å²) in [5, 5.41) is 4.90. The van der Waals surface area contributed by atoms with Crippen molar-refractivity contribution in [2.24, 2.45) is 5.10 Å². The van der Waals surface area contributed by atoms with Gasteiger partial charge in [-0.1, -0.05) is 29.8 Å². The molecule has 2 heterocycles. The van der Waals surface area contributed by atoms with E-state index in [1.54, 1.807) is 30.5 Å². The average molecular weight is 473 g/mol. The van der Waals surface area contributed by atoms with Gasteiger partial charge >= 0.3 is 0 Å². The number of halogens is 1. The van der Waals surface area contributed by atoms with E-state index < -0.39 is 10.0 Å². The lowest BCUT2D eigenvalue weighted by atomic mass is 10.2. The summed E-state index contributed by atoms with van der Waals surface area (Å²) in [4.78, 5) is 0.278. The Hall–Kier alpha value is -2.65. The number of para-hydroxylation sites is 1. The summed E-state index contributed by atoms with van der Waals surface area (Å²) in [7, 11) is -3.57. The number of hydrazone groups is 1. The Bertz CT molecular complexity index is 1250. The number of rotatable bonds is 6. The topological polar surface area (TPSA) is 75.9 Å². The van der Waals surface area contributed by atoms with Crippen molar-refractivity contribution >= 4 is 33.5 Å². The highest BCUT2D eigenvalue weighted by Crippen LogP contribution is 2.25. The van der Waals surface area contributed by atoms with Crippen molar-refractivity contribution in [3.05, 3.63) is 76.6 Å². The number of sulfonamides is 1. The van der Waals surface area contributed by atoms with Crippen LogP contribution in [0.3, 0.4) is 0 Å². The third-order valence-corrected chi connectivity index (χ3v) is 7.64. The summed E-state index contributed by atoms with van der Waals surface area (Å²) in [6.45, 7) is 5.53. The molecule has 9 heteroatoms. The quantitative estimate of drug-likeness (QED) is 0.430. The molecule has 0 unspecified atom stereocenters. The minimum absolute atomic E-state index is 0.278. The Morgan fingerprint density at radius 1 is 1.06 bits per heavy atom. The summed E-state index contributed by atoms with van der Waals surface area (Å²) in [6.07, 6.45) is 1.73. The number of hydrogen-bond acceptors (Lipinski definition) is 5.